The summed E-state index contributed by atoms with van der Waals surface area (Å²) in [6.07, 6.45) is 2.52. The minimum absolute atomic E-state index is 0.218. The molecule has 0 N–H and O–H groups in total. The van der Waals surface area contributed by atoms with Gasteiger partial charge in [-0.2, -0.15) is 0 Å². The Hall–Kier alpha value is -1.23. The molecular weight excluding hydrogens is 162 g/mol. The van der Waals surface area contributed by atoms with Gasteiger partial charge in [0, 0.05) is 0 Å². The summed E-state index contributed by atoms with van der Waals surface area (Å²) in [6.45, 7) is 6.51. The summed E-state index contributed by atoms with van der Waals surface area (Å²) in [5, 5.41) is 0. The van der Waals surface area contributed by atoms with Crippen molar-refractivity contribution in [2.45, 2.75) is 27.2 Å². The van der Waals surface area contributed by atoms with Gasteiger partial charge in [0.05, 0.1) is 19.0 Å². The predicted octanol–water partition coefficient (Wildman–Crippen LogP) is 2.28. The summed E-state index contributed by atoms with van der Waals surface area (Å²) in [5.41, 5.74) is 1.17. The molecule has 0 aliphatic rings. The first kappa shape index (κ1) is 9.85. The standard InChI is InChI=1S/C11H15NO/c1-11(2,3)8-9-10(13-4)6-5-7-12-9/h7H,8H2,1-4H3. The normalized spacial score (nSPS) is 10.8. The lowest BCUT2D eigenvalue weighted by Gasteiger charge is -2.17. The quantitative estimate of drug-likeness (QED) is 0.691. The van der Waals surface area contributed by atoms with Gasteiger partial charge < -0.3 is 4.74 Å². The van der Waals surface area contributed by atoms with Crippen molar-refractivity contribution in [1.82, 2.24) is 4.98 Å². The Morgan fingerprint density at radius 1 is 1.46 bits per heavy atom. The monoisotopic (exact) mass is 177 g/mol. The van der Waals surface area contributed by atoms with Gasteiger partial charge in [-0.05, 0) is 24.0 Å². The van der Waals surface area contributed by atoms with Crippen LogP contribution in [0.1, 0.15) is 26.5 Å². The SMILES string of the molecule is COc1c#ccnc1CC(C)(C)C. The molecule has 2 heteroatoms. The third kappa shape index (κ3) is 2.95. The van der Waals surface area contributed by atoms with Gasteiger partial charge in [-0.1, -0.05) is 20.8 Å². The second kappa shape index (κ2) is 3.66. The minimum Gasteiger partial charge on any atom is -0.487 e. The van der Waals surface area contributed by atoms with Crippen molar-refractivity contribution >= 4 is 0 Å². The molecule has 1 aromatic heterocycles. The van der Waals surface area contributed by atoms with Gasteiger partial charge in [-0.15, -0.1) is 0 Å². The van der Waals surface area contributed by atoms with E-state index >= 15 is 0 Å². The van der Waals surface area contributed by atoms with Crippen LogP contribution >= 0.6 is 0 Å². The molecule has 0 atom stereocenters. The van der Waals surface area contributed by atoms with E-state index in [0.717, 1.165) is 12.1 Å². The van der Waals surface area contributed by atoms with Crippen molar-refractivity contribution < 1.29 is 4.74 Å². The molecule has 1 rings (SSSR count). The number of aromatic nitrogens is 1. The van der Waals surface area contributed by atoms with Crippen LogP contribution in [0.2, 0.25) is 0 Å². The van der Waals surface area contributed by atoms with Crippen molar-refractivity contribution in [1.29, 1.82) is 0 Å². The van der Waals surface area contributed by atoms with E-state index in [4.69, 9.17) is 4.74 Å². The first-order valence-electron chi connectivity index (χ1n) is 4.34. The van der Waals surface area contributed by atoms with Crippen LogP contribution < -0.4 is 4.74 Å². The lowest BCUT2D eigenvalue weighted by Crippen LogP contribution is -2.11. The van der Waals surface area contributed by atoms with E-state index in [0.29, 0.717) is 5.75 Å². The van der Waals surface area contributed by atoms with E-state index < -0.39 is 0 Å². The molecule has 0 aromatic carbocycles. The molecule has 1 aromatic rings. The van der Waals surface area contributed by atoms with E-state index in [9.17, 15) is 0 Å². The summed E-state index contributed by atoms with van der Waals surface area (Å²) < 4.78 is 5.14. The zero-order valence-corrected chi connectivity index (χ0v) is 8.64. The molecule has 0 aliphatic heterocycles. The van der Waals surface area contributed by atoms with Crippen LogP contribution in [0, 0.1) is 17.5 Å². The second-order valence-corrected chi connectivity index (χ2v) is 4.24. The van der Waals surface area contributed by atoms with Crippen LogP contribution in [0.4, 0.5) is 0 Å². The number of ether oxygens (including phenoxy) is 1. The molecule has 0 aliphatic carbocycles. The molecule has 1 heterocycles. The average Bonchev–Trinajstić information content (AvgIpc) is 2.02. The van der Waals surface area contributed by atoms with Crippen molar-refractivity contribution in [3.63, 3.8) is 0 Å². The topological polar surface area (TPSA) is 22.1 Å². The Kier molecular flexibility index (Phi) is 2.77. The molecule has 0 saturated carbocycles. The summed E-state index contributed by atoms with van der Waals surface area (Å²) in [5.74, 6) is 0.706. The number of hydrogen-bond acceptors (Lipinski definition) is 2. The molecule has 0 radical (unpaired) electrons. The van der Waals surface area contributed by atoms with Gasteiger partial charge >= 0.3 is 0 Å². The van der Waals surface area contributed by atoms with E-state index in [-0.39, 0.29) is 5.41 Å². The number of rotatable bonds is 2. The Morgan fingerprint density at radius 2 is 2.15 bits per heavy atom. The molecule has 0 unspecified atom stereocenters. The maximum absolute atomic E-state index is 5.14. The highest BCUT2D eigenvalue weighted by Gasteiger charge is 2.15. The lowest BCUT2D eigenvalue weighted by molar-refractivity contribution is 0.373. The number of methoxy groups -OCH3 is 1. The zero-order valence-electron chi connectivity index (χ0n) is 8.64. The molecular formula is C11H15NO. The molecule has 70 valence electrons. The van der Waals surface area contributed by atoms with E-state index in [1.165, 1.54) is 0 Å². The number of hydrogen-bond donors (Lipinski definition) is 0. The molecule has 0 saturated heterocycles. The van der Waals surface area contributed by atoms with Gasteiger partial charge in [0.2, 0.25) is 0 Å². The highest BCUT2D eigenvalue weighted by Crippen LogP contribution is 2.23. The van der Waals surface area contributed by atoms with E-state index in [1.54, 1.807) is 13.3 Å². The minimum atomic E-state index is 0.218. The van der Waals surface area contributed by atoms with Gasteiger partial charge in [0.15, 0.2) is 5.75 Å². The molecule has 0 fully saturated rings. The lowest BCUT2D eigenvalue weighted by atomic mass is 9.90. The Bertz CT molecular complexity index is 276. The van der Waals surface area contributed by atoms with Crippen LogP contribution in [-0.4, -0.2) is 12.1 Å². The van der Waals surface area contributed by atoms with Gasteiger partial charge in [0.25, 0.3) is 0 Å². The maximum atomic E-state index is 5.14. The highest BCUT2D eigenvalue weighted by atomic mass is 16.5. The second-order valence-electron chi connectivity index (χ2n) is 4.24. The van der Waals surface area contributed by atoms with Crippen molar-refractivity contribution in [3.05, 3.63) is 24.0 Å². The zero-order chi connectivity index (χ0) is 9.90. The fraction of sp³-hybridized carbons (Fsp3) is 0.545. The summed E-state index contributed by atoms with van der Waals surface area (Å²) in [6, 6.07) is 5.68. The van der Waals surface area contributed by atoms with Crippen LogP contribution in [0.5, 0.6) is 5.75 Å². The molecule has 13 heavy (non-hydrogen) atoms. The third-order valence-corrected chi connectivity index (χ3v) is 1.63. The molecule has 0 amide bonds. The summed E-state index contributed by atoms with van der Waals surface area (Å²) in [7, 11) is 1.63. The fourth-order valence-corrected chi connectivity index (χ4v) is 1.14. The van der Waals surface area contributed by atoms with Gasteiger partial charge in [-0.25, -0.2) is 4.98 Å². The maximum Gasteiger partial charge on any atom is 0.191 e. The summed E-state index contributed by atoms with van der Waals surface area (Å²) >= 11 is 0. The highest BCUT2D eigenvalue weighted by molar-refractivity contribution is 5.22. The van der Waals surface area contributed by atoms with Crippen LogP contribution in [0.25, 0.3) is 0 Å². The van der Waals surface area contributed by atoms with Crippen LogP contribution in [-0.2, 0) is 6.42 Å². The molecule has 0 bridgehead atoms. The Balaban J connectivity index is 2.87. The molecule has 0 spiro atoms. The van der Waals surface area contributed by atoms with Crippen LogP contribution in [0.15, 0.2) is 6.20 Å². The van der Waals surface area contributed by atoms with Crippen molar-refractivity contribution in [2.24, 2.45) is 5.41 Å². The molecule has 2 nitrogen and oxygen atoms in total. The Labute approximate surface area is 80.0 Å². The first-order chi connectivity index (χ1) is 6.03. The number of nitrogens with zero attached hydrogens (tertiary/aromatic N) is 1. The van der Waals surface area contributed by atoms with Crippen molar-refractivity contribution in [2.75, 3.05) is 7.11 Å². The summed E-state index contributed by atoms with van der Waals surface area (Å²) in [4.78, 5) is 4.22. The van der Waals surface area contributed by atoms with E-state index in [2.05, 4.69) is 37.9 Å². The predicted molar refractivity (Wildman–Crippen MR) is 51.6 cm³/mol. The van der Waals surface area contributed by atoms with Crippen molar-refractivity contribution in [3.8, 4) is 5.75 Å². The van der Waals surface area contributed by atoms with Gasteiger partial charge in [0.1, 0.15) is 0 Å². The third-order valence-electron chi connectivity index (χ3n) is 1.63. The smallest absolute Gasteiger partial charge is 0.191 e. The average molecular weight is 177 g/mol. The Morgan fingerprint density at radius 3 is 2.69 bits per heavy atom. The largest absolute Gasteiger partial charge is 0.487 e. The fourth-order valence-electron chi connectivity index (χ4n) is 1.14. The van der Waals surface area contributed by atoms with E-state index in [1.807, 2.05) is 0 Å². The van der Waals surface area contributed by atoms with Gasteiger partial charge in [-0.3, -0.25) is 0 Å². The van der Waals surface area contributed by atoms with Crippen LogP contribution in [0.3, 0.4) is 0 Å². The first-order valence-corrected chi connectivity index (χ1v) is 4.34.